The number of carbonyl (C=O) groups excluding carboxylic acids is 3. The largest absolute Gasteiger partial charge is 0.462 e. The Labute approximate surface area is 161 Å². The van der Waals surface area contributed by atoms with E-state index < -0.39 is 35.8 Å². The van der Waals surface area contributed by atoms with Gasteiger partial charge in [0.2, 0.25) is 11.8 Å². The van der Waals surface area contributed by atoms with Crippen molar-refractivity contribution in [3.05, 3.63) is 42.0 Å². The van der Waals surface area contributed by atoms with Gasteiger partial charge in [0, 0.05) is 0 Å². The standard InChI is InChI=1S/C20H19NO7/c1-2-25-18(24)11-3-5-12(6-4-11)21-16(22)14-13-7-8-20(28-13,15(14)17(21)23)19-26-9-10-27-19/h3-8,13-15,19H,2,9-10H2,1H3/t13-,14+,15-,20-/m1/s1. The highest BCUT2D eigenvalue weighted by Gasteiger charge is 2.71. The fourth-order valence-corrected chi connectivity index (χ4v) is 4.54. The molecular weight excluding hydrogens is 366 g/mol. The highest BCUT2D eigenvalue weighted by molar-refractivity contribution is 6.23. The molecule has 8 nitrogen and oxygen atoms in total. The lowest BCUT2D eigenvalue weighted by atomic mass is 9.76. The van der Waals surface area contributed by atoms with Crippen molar-refractivity contribution in [3.63, 3.8) is 0 Å². The topological polar surface area (TPSA) is 91.4 Å². The van der Waals surface area contributed by atoms with Crippen LogP contribution in [0.3, 0.4) is 0 Å². The summed E-state index contributed by atoms with van der Waals surface area (Å²) < 4.78 is 22.2. The normalized spacial score (nSPS) is 33.8. The molecule has 2 bridgehead atoms. The zero-order valence-corrected chi connectivity index (χ0v) is 15.2. The van der Waals surface area contributed by atoms with Gasteiger partial charge in [-0.05, 0) is 37.3 Å². The Balaban J connectivity index is 1.45. The minimum absolute atomic E-state index is 0.273. The molecule has 1 aromatic rings. The molecule has 0 radical (unpaired) electrons. The summed E-state index contributed by atoms with van der Waals surface area (Å²) in [5.41, 5.74) is -0.294. The Hall–Kier alpha value is -2.55. The van der Waals surface area contributed by atoms with Crippen molar-refractivity contribution < 1.29 is 33.3 Å². The van der Waals surface area contributed by atoms with Crippen LogP contribution in [0.1, 0.15) is 17.3 Å². The van der Waals surface area contributed by atoms with Gasteiger partial charge in [-0.3, -0.25) is 9.59 Å². The molecule has 0 unspecified atom stereocenters. The predicted octanol–water partition coefficient (Wildman–Crippen LogP) is 1.05. The van der Waals surface area contributed by atoms with Gasteiger partial charge in [0.05, 0.1) is 49.0 Å². The molecule has 4 atom stereocenters. The summed E-state index contributed by atoms with van der Waals surface area (Å²) in [7, 11) is 0. The molecule has 3 saturated heterocycles. The maximum atomic E-state index is 13.3. The number of hydrogen-bond donors (Lipinski definition) is 0. The number of esters is 1. The Kier molecular flexibility index (Phi) is 3.90. The second-order valence-corrected chi connectivity index (χ2v) is 7.15. The summed E-state index contributed by atoms with van der Waals surface area (Å²) in [4.78, 5) is 39.3. The van der Waals surface area contributed by atoms with E-state index >= 15 is 0 Å². The first-order chi connectivity index (χ1) is 13.6. The molecule has 0 spiro atoms. The quantitative estimate of drug-likeness (QED) is 0.435. The summed E-state index contributed by atoms with van der Waals surface area (Å²) >= 11 is 0. The van der Waals surface area contributed by atoms with Crippen LogP contribution in [0.5, 0.6) is 0 Å². The van der Waals surface area contributed by atoms with Crippen molar-refractivity contribution in [1.82, 2.24) is 0 Å². The van der Waals surface area contributed by atoms with Crippen molar-refractivity contribution in [3.8, 4) is 0 Å². The van der Waals surface area contributed by atoms with Crippen LogP contribution in [-0.2, 0) is 28.5 Å². The average molecular weight is 385 g/mol. The van der Waals surface area contributed by atoms with Gasteiger partial charge in [-0.1, -0.05) is 6.08 Å². The van der Waals surface area contributed by atoms with Crippen molar-refractivity contribution in [2.24, 2.45) is 11.8 Å². The molecule has 4 aliphatic heterocycles. The lowest BCUT2D eigenvalue weighted by Crippen LogP contribution is -2.49. The van der Waals surface area contributed by atoms with Gasteiger partial charge in [0.25, 0.3) is 0 Å². The number of fused-ring (bicyclic) bond motifs is 5. The third-order valence-corrected chi connectivity index (χ3v) is 5.70. The highest BCUT2D eigenvalue weighted by Crippen LogP contribution is 2.55. The van der Waals surface area contributed by atoms with Gasteiger partial charge in [0.1, 0.15) is 0 Å². The molecule has 1 aromatic carbocycles. The highest BCUT2D eigenvalue weighted by atomic mass is 16.7. The molecule has 0 aromatic heterocycles. The van der Waals surface area contributed by atoms with Gasteiger partial charge in [0.15, 0.2) is 11.9 Å². The molecule has 0 saturated carbocycles. The summed E-state index contributed by atoms with van der Waals surface area (Å²) in [6, 6.07) is 6.25. The van der Waals surface area contributed by atoms with Gasteiger partial charge in [-0.15, -0.1) is 0 Å². The summed E-state index contributed by atoms with van der Waals surface area (Å²) in [6.45, 7) is 2.85. The first kappa shape index (κ1) is 17.5. The van der Waals surface area contributed by atoms with E-state index in [4.69, 9.17) is 18.9 Å². The molecule has 4 aliphatic rings. The molecule has 5 rings (SSSR count). The number of nitrogens with zero attached hydrogens (tertiary/aromatic N) is 1. The van der Waals surface area contributed by atoms with E-state index in [1.807, 2.05) is 6.08 Å². The molecule has 3 fully saturated rings. The van der Waals surface area contributed by atoms with Gasteiger partial charge < -0.3 is 18.9 Å². The van der Waals surface area contributed by atoms with Crippen LogP contribution < -0.4 is 4.90 Å². The summed E-state index contributed by atoms with van der Waals surface area (Å²) in [5.74, 6) is -2.40. The molecule has 4 heterocycles. The number of benzene rings is 1. The fraction of sp³-hybridized carbons (Fsp3) is 0.450. The molecule has 146 valence electrons. The van der Waals surface area contributed by atoms with Crippen LogP contribution in [-0.4, -0.2) is 55.6 Å². The van der Waals surface area contributed by atoms with Crippen LogP contribution in [0.4, 0.5) is 5.69 Å². The minimum Gasteiger partial charge on any atom is -0.462 e. The van der Waals surface area contributed by atoms with Gasteiger partial charge in [-0.25, -0.2) is 9.69 Å². The van der Waals surface area contributed by atoms with E-state index in [1.54, 1.807) is 37.3 Å². The van der Waals surface area contributed by atoms with Gasteiger partial charge >= 0.3 is 5.97 Å². The summed E-state index contributed by atoms with van der Waals surface area (Å²) in [6.07, 6.45) is 2.43. The Morgan fingerprint density at radius 3 is 2.57 bits per heavy atom. The molecular formula is C20H19NO7. The Morgan fingerprint density at radius 1 is 1.18 bits per heavy atom. The first-order valence-corrected chi connectivity index (χ1v) is 9.32. The van der Waals surface area contributed by atoms with E-state index in [0.29, 0.717) is 24.5 Å². The summed E-state index contributed by atoms with van der Waals surface area (Å²) in [5, 5.41) is 0. The van der Waals surface area contributed by atoms with Crippen molar-refractivity contribution in [1.29, 1.82) is 0 Å². The molecule has 0 aliphatic carbocycles. The third kappa shape index (κ3) is 2.25. The zero-order chi connectivity index (χ0) is 19.5. The predicted molar refractivity (Wildman–Crippen MR) is 94.3 cm³/mol. The molecule has 8 heteroatoms. The van der Waals surface area contributed by atoms with Crippen molar-refractivity contribution >= 4 is 23.5 Å². The molecule has 2 amide bonds. The van der Waals surface area contributed by atoms with Gasteiger partial charge in [-0.2, -0.15) is 0 Å². The number of hydrogen-bond acceptors (Lipinski definition) is 7. The molecule has 28 heavy (non-hydrogen) atoms. The molecule has 0 N–H and O–H groups in total. The van der Waals surface area contributed by atoms with Crippen LogP contribution in [0, 0.1) is 11.8 Å². The third-order valence-electron chi connectivity index (χ3n) is 5.70. The Bertz CT molecular complexity index is 873. The Morgan fingerprint density at radius 2 is 1.89 bits per heavy atom. The number of anilines is 1. The van der Waals surface area contributed by atoms with E-state index in [1.165, 1.54) is 4.90 Å². The van der Waals surface area contributed by atoms with E-state index in [2.05, 4.69) is 0 Å². The van der Waals surface area contributed by atoms with Crippen LogP contribution >= 0.6 is 0 Å². The lowest BCUT2D eigenvalue weighted by molar-refractivity contribution is -0.180. The van der Waals surface area contributed by atoms with E-state index in [0.717, 1.165) is 0 Å². The smallest absolute Gasteiger partial charge is 0.338 e. The number of ether oxygens (including phenoxy) is 4. The lowest BCUT2D eigenvalue weighted by Gasteiger charge is -2.32. The number of amides is 2. The van der Waals surface area contributed by atoms with Crippen molar-refractivity contribution in [2.75, 3.05) is 24.7 Å². The minimum atomic E-state index is -1.07. The van der Waals surface area contributed by atoms with Crippen LogP contribution in [0.25, 0.3) is 0 Å². The second kappa shape index (κ2) is 6.23. The average Bonchev–Trinajstić information content (AvgIpc) is 3.46. The maximum absolute atomic E-state index is 13.3. The number of imide groups is 1. The van der Waals surface area contributed by atoms with E-state index in [9.17, 15) is 14.4 Å². The van der Waals surface area contributed by atoms with Crippen LogP contribution in [0.15, 0.2) is 36.4 Å². The monoisotopic (exact) mass is 385 g/mol. The zero-order valence-electron chi connectivity index (χ0n) is 15.2. The number of carbonyl (C=O) groups is 3. The second-order valence-electron chi connectivity index (χ2n) is 7.15. The van der Waals surface area contributed by atoms with Crippen molar-refractivity contribution in [2.45, 2.75) is 24.9 Å². The first-order valence-electron chi connectivity index (χ1n) is 9.32. The maximum Gasteiger partial charge on any atom is 0.338 e. The SMILES string of the molecule is CCOC(=O)c1ccc(N2C(=O)[C@H]3[C@H]4C=C[C@@](C5OCCO5)(O4)[C@H]3C2=O)cc1. The van der Waals surface area contributed by atoms with Crippen LogP contribution in [0.2, 0.25) is 0 Å². The number of rotatable bonds is 4. The van der Waals surface area contributed by atoms with E-state index in [-0.39, 0.29) is 18.4 Å². The fourth-order valence-electron chi connectivity index (χ4n) is 4.54.